The third kappa shape index (κ3) is 3.13. The Kier molecular flexibility index (Phi) is 4.14. The topological polar surface area (TPSA) is 80.4 Å². The molecule has 1 rings (SSSR count). The number of nitro groups is 1. The lowest BCUT2D eigenvalue weighted by Gasteiger charge is -2.06. The Morgan fingerprint density at radius 3 is 2.56 bits per heavy atom. The molecule has 0 amide bonds. The summed E-state index contributed by atoms with van der Waals surface area (Å²) in [6.45, 7) is 3.60. The normalized spacial score (nSPS) is 11.7. The van der Waals surface area contributed by atoms with E-state index in [-0.39, 0.29) is 17.2 Å². The molecule has 5 nitrogen and oxygen atoms in total. The van der Waals surface area contributed by atoms with E-state index in [1.807, 2.05) is 0 Å². The van der Waals surface area contributed by atoms with Gasteiger partial charge in [-0.05, 0) is 17.6 Å². The molecule has 1 aromatic carbocycles. The molecule has 0 aliphatic rings. The Morgan fingerprint density at radius 1 is 1.50 bits per heavy atom. The lowest BCUT2D eigenvalue weighted by atomic mass is 9.99. The van der Waals surface area contributed by atoms with Crippen LogP contribution in [0.5, 0.6) is 0 Å². The van der Waals surface area contributed by atoms with E-state index in [1.54, 1.807) is 13.8 Å². The van der Waals surface area contributed by atoms with Crippen molar-refractivity contribution < 1.29 is 19.2 Å². The number of carbonyl (C=O) groups is 1. The van der Waals surface area contributed by atoms with Crippen molar-refractivity contribution in [3.8, 4) is 0 Å². The zero-order chi connectivity index (χ0) is 13.9. The third-order valence-corrected chi connectivity index (χ3v) is 2.37. The monoisotopic (exact) mass is 253 g/mol. The fourth-order valence-electron chi connectivity index (χ4n) is 1.50. The first-order chi connectivity index (χ1) is 8.32. The summed E-state index contributed by atoms with van der Waals surface area (Å²) < 4.78 is 12.9. The van der Waals surface area contributed by atoms with Crippen LogP contribution in [-0.4, -0.2) is 16.0 Å². The summed E-state index contributed by atoms with van der Waals surface area (Å²) in [6.07, 6.45) is 0.749. The minimum Gasteiger partial charge on any atom is -0.476 e. The highest BCUT2D eigenvalue weighted by Gasteiger charge is 2.17. The van der Waals surface area contributed by atoms with E-state index >= 15 is 0 Å². The van der Waals surface area contributed by atoms with Crippen molar-refractivity contribution in [3.05, 3.63) is 45.3 Å². The molecule has 18 heavy (non-hydrogen) atoms. The molecule has 0 aliphatic heterocycles. The van der Waals surface area contributed by atoms with Gasteiger partial charge in [0.25, 0.3) is 5.69 Å². The second-order valence-corrected chi connectivity index (χ2v) is 4.03. The number of carboxylic acids is 1. The highest BCUT2D eigenvalue weighted by atomic mass is 19.1. The fourth-order valence-corrected chi connectivity index (χ4v) is 1.50. The summed E-state index contributed by atoms with van der Waals surface area (Å²) in [5, 5.41) is 19.3. The van der Waals surface area contributed by atoms with Gasteiger partial charge in [-0.1, -0.05) is 26.0 Å². The van der Waals surface area contributed by atoms with Crippen LogP contribution in [0.25, 0.3) is 6.08 Å². The van der Waals surface area contributed by atoms with Crippen molar-refractivity contribution in [2.75, 3.05) is 0 Å². The smallest absolute Gasteiger partial charge is 0.364 e. The molecule has 0 bridgehead atoms. The van der Waals surface area contributed by atoms with Gasteiger partial charge in [0.05, 0.1) is 4.92 Å². The second-order valence-electron chi connectivity index (χ2n) is 4.03. The van der Waals surface area contributed by atoms with Crippen LogP contribution >= 0.6 is 0 Å². The molecule has 0 spiro atoms. The van der Waals surface area contributed by atoms with Crippen LogP contribution in [0.15, 0.2) is 24.0 Å². The summed E-state index contributed by atoms with van der Waals surface area (Å²) in [5.74, 6) is -3.11. The zero-order valence-electron chi connectivity index (χ0n) is 9.88. The average Bonchev–Trinajstić information content (AvgIpc) is 2.28. The summed E-state index contributed by atoms with van der Waals surface area (Å²) >= 11 is 0. The number of nitro benzene ring substituents is 1. The van der Waals surface area contributed by atoms with Crippen LogP contribution in [-0.2, 0) is 4.79 Å². The molecule has 6 heteroatoms. The highest BCUT2D eigenvalue weighted by molar-refractivity contribution is 5.89. The van der Waals surface area contributed by atoms with Gasteiger partial charge in [-0.15, -0.1) is 0 Å². The molecule has 1 N–H and O–H groups in total. The molecule has 0 fully saturated rings. The van der Waals surface area contributed by atoms with E-state index in [0.29, 0.717) is 5.56 Å². The van der Waals surface area contributed by atoms with E-state index in [2.05, 4.69) is 0 Å². The molecule has 0 heterocycles. The number of carboxylic acid groups (broad SMARTS) is 1. The third-order valence-electron chi connectivity index (χ3n) is 2.37. The maximum atomic E-state index is 12.9. The Bertz CT molecular complexity index is 523. The highest BCUT2D eigenvalue weighted by Crippen LogP contribution is 2.28. The number of benzene rings is 1. The Labute approximate surface area is 103 Å². The van der Waals surface area contributed by atoms with Gasteiger partial charge in [0.2, 0.25) is 5.83 Å². The van der Waals surface area contributed by atoms with Gasteiger partial charge >= 0.3 is 5.97 Å². The molecule has 1 aromatic rings. The van der Waals surface area contributed by atoms with Gasteiger partial charge < -0.3 is 5.11 Å². The first kappa shape index (κ1) is 13.8. The number of rotatable bonds is 4. The predicted molar refractivity (Wildman–Crippen MR) is 63.9 cm³/mol. The van der Waals surface area contributed by atoms with Crippen LogP contribution in [0.1, 0.15) is 30.9 Å². The van der Waals surface area contributed by atoms with E-state index in [0.717, 1.165) is 12.1 Å². The van der Waals surface area contributed by atoms with Gasteiger partial charge in [-0.3, -0.25) is 10.1 Å². The number of aliphatic carboxylic acids is 1. The quantitative estimate of drug-likeness (QED) is 0.508. The molecule has 0 radical (unpaired) electrons. The van der Waals surface area contributed by atoms with Crippen molar-refractivity contribution in [1.29, 1.82) is 0 Å². The second kappa shape index (κ2) is 5.39. The molecule has 96 valence electrons. The van der Waals surface area contributed by atoms with Gasteiger partial charge in [-0.25, -0.2) is 4.79 Å². The van der Waals surface area contributed by atoms with E-state index in [4.69, 9.17) is 5.11 Å². The maximum Gasteiger partial charge on any atom is 0.364 e. The fraction of sp³-hybridized carbons (Fsp3) is 0.250. The molecule has 0 aromatic heterocycles. The largest absolute Gasteiger partial charge is 0.476 e. The lowest BCUT2D eigenvalue weighted by Crippen LogP contribution is -1.98. The number of hydrogen-bond donors (Lipinski definition) is 1. The van der Waals surface area contributed by atoms with Crippen molar-refractivity contribution >= 4 is 17.7 Å². The Balaban J connectivity index is 3.28. The van der Waals surface area contributed by atoms with Crippen LogP contribution in [0.3, 0.4) is 0 Å². The molecule has 0 saturated heterocycles. The average molecular weight is 253 g/mol. The van der Waals surface area contributed by atoms with Crippen LogP contribution < -0.4 is 0 Å². The van der Waals surface area contributed by atoms with Gasteiger partial charge in [0.15, 0.2) is 0 Å². The van der Waals surface area contributed by atoms with Crippen LogP contribution in [0, 0.1) is 10.1 Å². The minimum atomic E-state index is -1.70. The van der Waals surface area contributed by atoms with E-state index in [1.165, 1.54) is 12.1 Å². The molecular formula is C12H12FNO4. The SMILES string of the molecule is CC(C)c1ccc(C=C(F)C(=O)O)cc1[N+](=O)[O-]. The molecular weight excluding hydrogens is 241 g/mol. The molecule has 0 aliphatic carbocycles. The lowest BCUT2D eigenvalue weighted by molar-refractivity contribution is -0.385. The predicted octanol–water partition coefficient (Wildman–Crippen LogP) is 3.11. The summed E-state index contributed by atoms with van der Waals surface area (Å²) in [6, 6.07) is 4.12. The van der Waals surface area contributed by atoms with Crippen molar-refractivity contribution in [2.45, 2.75) is 19.8 Å². The van der Waals surface area contributed by atoms with Crippen molar-refractivity contribution in [2.24, 2.45) is 0 Å². The number of nitrogens with zero attached hydrogens (tertiary/aromatic N) is 1. The first-order valence-electron chi connectivity index (χ1n) is 5.21. The summed E-state index contributed by atoms with van der Waals surface area (Å²) in [5.41, 5.74) is 0.524. The van der Waals surface area contributed by atoms with Crippen molar-refractivity contribution in [3.63, 3.8) is 0 Å². The van der Waals surface area contributed by atoms with E-state index in [9.17, 15) is 19.3 Å². The molecule has 0 unspecified atom stereocenters. The Hall–Kier alpha value is -2.24. The van der Waals surface area contributed by atoms with Crippen LogP contribution in [0.4, 0.5) is 10.1 Å². The molecule has 0 atom stereocenters. The van der Waals surface area contributed by atoms with Gasteiger partial charge in [0, 0.05) is 11.6 Å². The molecule has 0 saturated carbocycles. The zero-order valence-corrected chi connectivity index (χ0v) is 9.88. The van der Waals surface area contributed by atoms with Crippen LogP contribution in [0.2, 0.25) is 0 Å². The number of hydrogen-bond acceptors (Lipinski definition) is 3. The maximum absolute atomic E-state index is 12.9. The van der Waals surface area contributed by atoms with Gasteiger partial charge in [0.1, 0.15) is 0 Å². The van der Waals surface area contributed by atoms with Crippen molar-refractivity contribution in [1.82, 2.24) is 0 Å². The van der Waals surface area contributed by atoms with Gasteiger partial charge in [-0.2, -0.15) is 4.39 Å². The minimum absolute atomic E-state index is 0.0484. The standard InChI is InChI=1S/C12H12FNO4/c1-7(2)9-4-3-8(5-10(13)12(15)16)6-11(9)14(17)18/h3-7H,1-2H3,(H,15,16). The Morgan fingerprint density at radius 2 is 2.11 bits per heavy atom. The number of halogens is 1. The first-order valence-corrected chi connectivity index (χ1v) is 5.21. The summed E-state index contributed by atoms with van der Waals surface area (Å²) in [7, 11) is 0. The summed E-state index contributed by atoms with van der Waals surface area (Å²) in [4.78, 5) is 20.6. The van der Waals surface area contributed by atoms with E-state index < -0.39 is 16.7 Å².